The molecule has 0 saturated carbocycles. The van der Waals surface area contributed by atoms with Gasteiger partial charge in [0.2, 0.25) is 0 Å². The molecule has 1 aromatic rings. The van der Waals surface area contributed by atoms with Crippen molar-refractivity contribution in [2.45, 2.75) is 13.5 Å². The van der Waals surface area contributed by atoms with E-state index >= 15 is 0 Å². The van der Waals surface area contributed by atoms with Crippen LogP contribution in [0.3, 0.4) is 0 Å². The number of hydrogen-bond acceptors (Lipinski definition) is 5. The Hall–Kier alpha value is -1.43. The van der Waals surface area contributed by atoms with Crippen molar-refractivity contribution in [2.75, 3.05) is 33.0 Å². The Bertz CT molecular complexity index is 381. The van der Waals surface area contributed by atoms with Crippen molar-refractivity contribution in [3.8, 4) is 0 Å². The van der Waals surface area contributed by atoms with E-state index < -0.39 is 0 Å². The van der Waals surface area contributed by atoms with Crippen LogP contribution in [-0.2, 0) is 20.8 Å². The van der Waals surface area contributed by atoms with Gasteiger partial charge in [-0.15, -0.1) is 0 Å². The molecule has 0 aliphatic rings. The molecule has 0 aromatic heterocycles. The first kappa shape index (κ1) is 15.6. The smallest absolute Gasteiger partial charge is 0.338 e. The van der Waals surface area contributed by atoms with Crippen molar-refractivity contribution in [3.05, 3.63) is 35.4 Å². The van der Waals surface area contributed by atoms with Crippen LogP contribution in [0.1, 0.15) is 22.8 Å². The number of benzene rings is 1. The highest BCUT2D eigenvalue weighted by Crippen LogP contribution is 2.08. The average Bonchev–Trinajstić information content (AvgIpc) is 2.43. The highest BCUT2D eigenvalue weighted by molar-refractivity contribution is 5.89. The summed E-state index contributed by atoms with van der Waals surface area (Å²) in [6, 6.07) is 7.23. The van der Waals surface area contributed by atoms with Crippen LogP contribution in [0.15, 0.2) is 24.3 Å². The van der Waals surface area contributed by atoms with Gasteiger partial charge in [0.1, 0.15) is 0 Å². The minimum absolute atomic E-state index is 0.310. The predicted octanol–water partition coefficient (Wildman–Crippen LogP) is 1.36. The first-order chi connectivity index (χ1) is 9.27. The normalized spacial score (nSPS) is 10.4. The molecule has 0 amide bonds. The molecule has 1 rings (SSSR count). The van der Waals surface area contributed by atoms with Crippen LogP contribution in [0.5, 0.6) is 0 Å². The zero-order valence-electron chi connectivity index (χ0n) is 11.3. The molecule has 0 heterocycles. The molecule has 19 heavy (non-hydrogen) atoms. The van der Waals surface area contributed by atoms with E-state index in [1.54, 1.807) is 19.1 Å². The largest absolute Gasteiger partial charge is 0.462 e. The van der Waals surface area contributed by atoms with Gasteiger partial charge in [-0.25, -0.2) is 4.79 Å². The second-order valence-electron chi connectivity index (χ2n) is 3.87. The minimum Gasteiger partial charge on any atom is -0.462 e. The quantitative estimate of drug-likeness (QED) is 0.540. The van der Waals surface area contributed by atoms with Gasteiger partial charge < -0.3 is 19.9 Å². The van der Waals surface area contributed by atoms with Gasteiger partial charge in [0.25, 0.3) is 0 Å². The van der Waals surface area contributed by atoms with Crippen LogP contribution < -0.4 is 5.73 Å². The van der Waals surface area contributed by atoms with E-state index in [1.165, 1.54) is 0 Å². The Kier molecular flexibility index (Phi) is 7.81. The molecule has 0 radical (unpaired) electrons. The van der Waals surface area contributed by atoms with E-state index in [4.69, 9.17) is 19.9 Å². The summed E-state index contributed by atoms with van der Waals surface area (Å²) in [4.78, 5) is 11.6. The van der Waals surface area contributed by atoms with Gasteiger partial charge in [-0.05, 0) is 24.6 Å². The maximum absolute atomic E-state index is 11.6. The number of nitrogens with two attached hydrogens (primary N) is 1. The molecule has 0 aliphatic carbocycles. The molecule has 0 fully saturated rings. The van der Waals surface area contributed by atoms with Crippen LogP contribution in [0.25, 0.3) is 0 Å². The van der Waals surface area contributed by atoms with Crippen LogP contribution in [0, 0.1) is 0 Å². The molecule has 0 aliphatic heterocycles. The average molecular weight is 267 g/mol. The summed E-state index contributed by atoms with van der Waals surface area (Å²) in [5, 5.41) is 0. The van der Waals surface area contributed by atoms with Crippen LogP contribution in [0.2, 0.25) is 0 Å². The third-order valence-corrected chi connectivity index (χ3v) is 2.34. The summed E-state index contributed by atoms with van der Waals surface area (Å²) < 4.78 is 15.6. The highest BCUT2D eigenvalue weighted by Gasteiger charge is 2.06. The number of hydrogen-bond donors (Lipinski definition) is 1. The van der Waals surface area contributed by atoms with Crippen molar-refractivity contribution in [3.63, 3.8) is 0 Å². The Morgan fingerprint density at radius 1 is 1.21 bits per heavy atom. The zero-order valence-corrected chi connectivity index (χ0v) is 11.3. The number of rotatable bonds is 9. The molecule has 1 aromatic carbocycles. The third kappa shape index (κ3) is 6.33. The Morgan fingerprint density at radius 3 is 2.74 bits per heavy atom. The summed E-state index contributed by atoms with van der Waals surface area (Å²) in [6.45, 7) is 4.69. The number of ether oxygens (including phenoxy) is 3. The molecule has 0 atom stereocenters. The van der Waals surface area contributed by atoms with E-state index in [0.29, 0.717) is 45.1 Å². The van der Waals surface area contributed by atoms with Crippen LogP contribution in [0.4, 0.5) is 0 Å². The molecule has 2 N–H and O–H groups in total. The van der Waals surface area contributed by atoms with Crippen LogP contribution >= 0.6 is 0 Å². The van der Waals surface area contributed by atoms with E-state index in [9.17, 15) is 4.79 Å². The van der Waals surface area contributed by atoms with Crippen molar-refractivity contribution in [1.82, 2.24) is 0 Å². The van der Waals surface area contributed by atoms with Gasteiger partial charge >= 0.3 is 5.97 Å². The SMILES string of the molecule is CCOC(=O)c1cccc(COCCOCCN)c1. The summed E-state index contributed by atoms with van der Waals surface area (Å²) in [5.41, 5.74) is 6.77. The molecule has 0 saturated heterocycles. The number of esters is 1. The first-order valence-corrected chi connectivity index (χ1v) is 6.39. The molecular formula is C14H21NO4. The van der Waals surface area contributed by atoms with Crippen molar-refractivity contribution >= 4 is 5.97 Å². The fourth-order valence-electron chi connectivity index (χ4n) is 1.50. The molecule has 0 spiro atoms. The Labute approximate surface area is 113 Å². The summed E-state index contributed by atoms with van der Waals surface area (Å²) in [5.74, 6) is -0.310. The summed E-state index contributed by atoms with van der Waals surface area (Å²) >= 11 is 0. The Morgan fingerprint density at radius 2 is 2.00 bits per heavy atom. The van der Waals surface area contributed by atoms with E-state index in [-0.39, 0.29) is 5.97 Å². The highest BCUT2D eigenvalue weighted by atomic mass is 16.5. The second kappa shape index (κ2) is 9.49. The fraction of sp³-hybridized carbons (Fsp3) is 0.500. The van der Waals surface area contributed by atoms with Gasteiger partial charge in [0.05, 0.1) is 38.6 Å². The second-order valence-corrected chi connectivity index (χ2v) is 3.87. The summed E-state index contributed by atoms with van der Waals surface area (Å²) in [6.07, 6.45) is 0. The molecule has 0 bridgehead atoms. The Balaban J connectivity index is 2.34. The van der Waals surface area contributed by atoms with Gasteiger partial charge in [-0.2, -0.15) is 0 Å². The van der Waals surface area contributed by atoms with Crippen molar-refractivity contribution in [2.24, 2.45) is 5.73 Å². The molecular weight excluding hydrogens is 246 g/mol. The van der Waals surface area contributed by atoms with Crippen molar-refractivity contribution in [1.29, 1.82) is 0 Å². The van der Waals surface area contributed by atoms with Gasteiger partial charge in [0.15, 0.2) is 0 Å². The lowest BCUT2D eigenvalue weighted by Gasteiger charge is -2.07. The standard InChI is InChI=1S/C14H21NO4/c1-2-19-14(16)13-5-3-4-12(10-13)11-18-9-8-17-7-6-15/h3-5,10H,2,6-9,11,15H2,1H3. The lowest BCUT2D eigenvalue weighted by molar-refractivity contribution is 0.0431. The number of carbonyl (C=O) groups is 1. The van der Waals surface area contributed by atoms with Crippen LogP contribution in [-0.4, -0.2) is 38.9 Å². The molecule has 5 heteroatoms. The molecule has 5 nitrogen and oxygen atoms in total. The third-order valence-electron chi connectivity index (χ3n) is 2.34. The van der Waals surface area contributed by atoms with Gasteiger partial charge in [0, 0.05) is 6.54 Å². The first-order valence-electron chi connectivity index (χ1n) is 6.39. The lowest BCUT2D eigenvalue weighted by atomic mass is 10.1. The van der Waals surface area contributed by atoms with E-state index in [2.05, 4.69) is 0 Å². The van der Waals surface area contributed by atoms with Gasteiger partial charge in [-0.3, -0.25) is 0 Å². The monoisotopic (exact) mass is 267 g/mol. The molecule has 0 unspecified atom stereocenters. The predicted molar refractivity (Wildman–Crippen MR) is 71.9 cm³/mol. The number of carbonyl (C=O) groups excluding carboxylic acids is 1. The summed E-state index contributed by atoms with van der Waals surface area (Å²) in [7, 11) is 0. The van der Waals surface area contributed by atoms with Gasteiger partial charge in [-0.1, -0.05) is 12.1 Å². The molecule has 106 valence electrons. The van der Waals surface area contributed by atoms with E-state index in [0.717, 1.165) is 5.56 Å². The minimum atomic E-state index is -0.310. The van der Waals surface area contributed by atoms with E-state index in [1.807, 2.05) is 12.1 Å². The fourth-order valence-corrected chi connectivity index (χ4v) is 1.50. The maximum atomic E-state index is 11.6. The lowest BCUT2D eigenvalue weighted by Crippen LogP contribution is -2.12. The zero-order chi connectivity index (χ0) is 13.9. The maximum Gasteiger partial charge on any atom is 0.338 e. The van der Waals surface area contributed by atoms with Crippen molar-refractivity contribution < 1.29 is 19.0 Å². The topological polar surface area (TPSA) is 70.8 Å².